The van der Waals surface area contributed by atoms with Crippen LogP contribution in [-0.4, -0.2) is 23.9 Å². The number of amides is 1. The lowest BCUT2D eigenvalue weighted by Crippen LogP contribution is -2.47. The van der Waals surface area contributed by atoms with Gasteiger partial charge in [0.15, 0.2) is 0 Å². The monoisotopic (exact) mass is 383 g/mol. The van der Waals surface area contributed by atoms with Crippen molar-refractivity contribution >= 4 is 5.91 Å². The molecule has 0 bridgehead atoms. The van der Waals surface area contributed by atoms with Crippen LogP contribution in [0.25, 0.3) is 0 Å². The van der Waals surface area contributed by atoms with E-state index in [1.54, 1.807) is 0 Å². The quantitative estimate of drug-likeness (QED) is 0.528. The smallest absolute Gasteiger partial charge is 0.237 e. The van der Waals surface area contributed by atoms with E-state index in [2.05, 4.69) is 66.4 Å². The molecule has 3 aromatic carbocycles. The van der Waals surface area contributed by atoms with Crippen LogP contribution in [-0.2, 0) is 10.2 Å². The summed E-state index contributed by atoms with van der Waals surface area (Å²) in [6.07, 6.45) is 2.79. The Morgan fingerprint density at radius 1 is 0.862 bits per heavy atom. The number of rotatable bonds is 6. The van der Waals surface area contributed by atoms with Gasteiger partial charge in [-0.15, -0.1) is 0 Å². The second-order valence-corrected chi connectivity index (χ2v) is 8.03. The minimum atomic E-state index is -0.622. The summed E-state index contributed by atoms with van der Waals surface area (Å²) >= 11 is 0. The Balaban J connectivity index is 1.72. The highest BCUT2D eigenvalue weighted by Gasteiger charge is 2.45. The van der Waals surface area contributed by atoms with Crippen molar-refractivity contribution in [1.82, 2.24) is 4.90 Å². The molecule has 2 heteroatoms. The summed E-state index contributed by atoms with van der Waals surface area (Å²) in [7, 11) is 0. The SMILES string of the molecule is CCCC(C(=O)N1CC[C@H](c2ccccc2)C1)(c1ccccc1)c1ccccc1. The van der Waals surface area contributed by atoms with Crippen LogP contribution in [0.5, 0.6) is 0 Å². The molecule has 1 fully saturated rings. The van der Waals surface area contributed by atoms with Crippen LogP contribution in [0.15, 0.2) is 91.0 Å². The number of carbonyl (C=O) groups is 1. The number of nitrogens with zero attached hydrogens (tertiary/aromatic N) is 1. The molecule has 1 aliphatic heterocycles. The van der Waals surface area contributed by atoms with E-state index in [-0.39, 0.29) is 5.91 Å². The van der Waals surface area contributed by atoms with Gasteiger partial charge in [0, 0.05) is 19.0 Å². The highest BCUT2D eigenvalue weighted by Crippen LogP contribution is 2.40. The second kappa shape index (κ2) is 8.65. The van der Waals surface area contributed by atoms with Gasteiger partial charge in [0.2, 0.25) is 5.91 Å². The molecule has 0 saturated carbocycles. The van der Waals surface area contributed by atoms with Gasteiger partial charge in [-0.3, -0.25) is 4.79 Å². The van der Waals surface area contributed by atoms with E-state index in [1.165, 1.54) is 5.56 Å². The number of hydrogen-bond donors (Lipinski definition) is 0. The van der Waals surface area contributed by atoms with Crippen molar-refractivity contribution in [3.8, 4) is 0 Å². The largest absolute Gasteiger partial charge is 0.341 e. The minimum absolute atomic E-state index is 0.246. The first kappa shape index (κ1) is 19.4. The lowest BCUT2D eigenvalue weighted by molar-refractivity contribution is -0.135. The third-order valence-corrected chi connectivity index (χ3v) is 6.27. The predicted octanol–water partition coefficient (Wildman–Crippen LogP) is 5.79. The normalized spacial score (nSPS) is 16.7. The molecular formula is C27H29NO. The van der Waals surface area contributed by atoms with E-state index in [4.69, 9.17) is 0 Å². The number of carbonyl (C=O) groups excluding carboxylic acids is 1. The maximum absolute atomic E-state index is 14.2. The first-order valence-corrected chi connectivity index (χ1v) is 10.7. The highest BCUT2D eigenvalue weighted by atomic mass is 16.2. The topological polar surface area (TPSA) is 20.3 Å². The van der Waals surface area contributed by atoms with E-state index in [1.807, 2.05) is 36.4 Å². The second-order valence-electron chi connectivity index (χ2n) is 8.03. The van der Waals surface area contributed by atoms with Gasteiger partial charge in [-0.1, -0.05) is 104 Å². The molecule has 4 rings (SSSR count). The molecule has 0 N–H and O–H groups in total. The number of hydrogen-bond acceptors (Lipinski definition) is 1. The van der Waals surface area contributed by atoms with Crippen LogP contribution >= 0.6 is 0 Å². The third-order valence-electron chi connectivity index (χ3n) is 6.27. The van der Waals surface area contributed by atoms with Gasteiger partial charge in [0.25, 0.3) is 0 Å². The molecule has 0 unspecified atom stereocenters. The Labute approximate surface area is 174 Å². The fourth-order valence-corrected chi connectivity index (χ4v) is 4.84. The summed E-state index contributed by atoms with van der Waals surface area (Å²) < 4.78 is 0. The fourth-order valence-electron chi connectivity index (χ4n) is 4.84. The molecule has 1 aliphatic rings. The summed E-state index contributed by atoms with van der Waals surface area (Å²) in [5.41, 5.74) is 2.91. The molecule has 0 aromatic heterocycles. The Morgan fingerprint density at radius 3 is 1.90 bits per heavy atom. The molecule has 148 valence electrons. The van der Waals surface area contributed by atoms with Crippen LogP contribution in [0.3, 0.4) is 0 Å². The third kappa shape index (κ3) is 3.72. The Hall–Kier alpha value is -2.87. The first-order valence-electron chi connectivity index (χ1n) is 10.7. The van der Waals surface area contributed by atoms with Gasteiger partial charge >= 0.3 is 0 Å². The molecule has 0 radical (unpaired) electrons. The minimum Gasteiger partial charge on any atom is -0.341 e. The van der Waals surface area contributed by atoms with Gasteiger partial charge in [-0.25, -0.2) is 0 Å². The Morgan fingerprint density at radius 2 is 1.38 bits per heavy atom. The summed E-state index contributed by atoms with van der Waals surface area (Å²) in [5.74, 6) is 0.668. The van der Waals surface area contributed by atoms with Crippen molar-refractivity contribution in [2.45, 2.75) is 37.5 Å². The first-order chi connectivity index (χ1) is 14.3. The van der Waals surface area contributed by atoms with Crippen LogP contribution in [0.1, 0.15) is 48.8 Å². The summed E-state index contributed by atoms with van der Waals surface area (Å²) in [6, 6.07) is 31.3. The van der Waals surface area contributed by atoms with Crippen LogP contribution in [0, 0.1) is 0 Å². The Bertz CT molecular complexity index is 881. The van der Waals surface area contributed by atoms with Gasteiger partial charge in [0.05, 0.1) is 5.41 Å². The van der Waals surface area contributed by atoms with Gasteiger partial charge < -0.3 is 4.90 Å². The van der Waals surface area contributed by atoms with E-state index >= 15 is 0 Å². The summed E-state index contributed by atoms with van der Waals surface area (Å²) in [6.45, 7) is 3.79. The van der Waals surface area contributed by atoms with E-state index in [0.717, 1.165) is 43.5 Å². The van der Waals surface area contributed by atoms with Crippen molar-refractivity contribution in [2.24, 2.45) is 0 Å². The average molecular weight is 384 g/mol. The molecule has 1 amide bonds. The lowest BCUT2D eigenvalue weighted by atomic mass is 9.70. The molecule has 0 spiro atoms. The van der Waals surface area contributed by atoms with Gasteiger partial charge in [-0.2, -0.15) is 0 Å². The highest BCUT2D eigenvalue weighted by molar-refractivity contribution is 5.92. The summed E-state index contributed by atoms with van der Waals surface area (Å²) in [4.78, 5) is 16.3. The van der Waals surface area contributed by atoms with E-state index in [0.29, 0.717) is 5.92 Å². The van der Waals surface area contributed by atoms with Crippen molar-refractivity contribution in [2.75, 3.05) is 13.1 Å². The van der Waals surface area contributed by atoms with Crippen molar-refractivity contribution in [1.29, 1.82) is 0 Å². The van der Waals surface area contributed by atoms with Crippen molar-refractivity contribution in [3.63, 3.8) is 0 Å². The molecule has 1 heterocycles. The van der Waals surface area contributed by atoms with Gasteiger partial charge in [0.1, 0.15) is 0 Å². The molecule has 2 nitrogen and oxygen atoms in total. The molecule has 0 aliphatic carbocycles. The van der Waals surface area contributed by atoms with Crippen LogP contribution in [0.2, 0.25) is 0 Å². The lowest BCUT2D eigenvalue weighted by Gasteiger charge is -2.37. The predicted molar refractivity (Wildman–Crippen MR) is 119 cm³/mol. The maximum atomic E-state index is 14.2. The molecule has 3 aromatic rings. The zero-order valence-corrected chi connectivity index (χ0v) is 17.1. The van der Waals surface area contributed by atoms with Crippen LogP contribution in [0.4, 0.5) is 0 Å². The maximum Gasteiger partial charge on any atom is 0.237 e. The molecule has 1 saturated heterocycles. The van der Waals surface area contributed by atoms with Gasteiger partial charge in [-0.05, 0) is 29.5 Å². The molecule has 29 heavy (non-hydrogen) atoms. The standard InChI is InChI=1S/C27H29NO/c1-2-19-27(24-14-8-4-9-15-24,25-16-10-5-11-17-25)26(29)28-20-18-23(21-28)22-12-6-3-7-13-22/h3-17,23H,2,18-21H2,1H3/t23-/m0/s1. The zero-order valence-electron chi connectivity index (χ0n) is 17.1. The van der Waals surface area contributed by atoms with E-state index < -0.39 is 5.41 Å². The summed E-state index contributed by atoms with van der Waals surface area (Å²) in [5, 5.41) is 0. The Kier molecular flexibility index (Phi) is 5.80. The zero-order chi connectivity index (χ0) is 20.1. The fraction of sp³-hybridized carbons (Fsp3) is 0.296. The number of benzene rings is 3. The van der Waals surface area contributed by atoms with Crippen molar-refractivity contribution in [3.05, 3.63) is 108 Å². The molecule has 1 atom stereocenters. The number of likely N-dealkylation sites (tertiary alicyclic amines) is 1. The van der Waals surface area contributed by atoms with Crippen molar-refractivity contribution < 1.29 is 4.79 Å². The average Bonchev–Trinajstić information content (AvgIpc) is 3.29. The van der Waals surface area contributed by atoms with Crippen LogP contribution < -0.4 is 0 Å². The van der Waals surface area contributed by atoms with E-state index in [9.17, 15) is 4.79 Å². The molecular weight excluding hydrogens is 354 g/mol.